The number of nitrogen functional groups attached to an aromatic ring is 1. The van der Waals surface area contributed by atoms with E-state index in [0.717, 1.165) is 29.7 Å². The Balaban J connectivity index is 2.13. The van der Waals surface area contributed by atoms with Crippen molar-refractivity contribution in [2.45, 2.75) is 25.0 Å². The molecule has 1 saturated heterocycles. The topological polar surface area (TPSA) is 46.3 Å². The van der Waals surface area contributed by atoms with Gasteiger partial charge in [0.1, 0.15) is 0 Å². The van der Waals surface area contributed by atoms with E-state index in [9.17, 15) is 4.79 Å². The van der Waals surface area contributed by atoms with E-state index in [1.165, 1.54) is 0 Å². The number of amides is 1. The lowest BCUT2D eigenvalue weighted by atomic mass is 10.1. The minimum absolute atomic E-state index is 0.0963. The molecule has 19 heavy (non-hydrogen) atoms. The first-order valence-electron chi connectivity index (χ1n) is 6.37. The van der Waals surface area contributed by atoms with E-state index >= 15 is 0 Å². The summed E-state index contributed by atoms with van der Waals surface area (Å²) in [5.41, 5.74) is 7.11. The molecule has 0 saturated carbocycles. The molecule has 1 amide bonds. The highest BCUT2D eigenvalue weighted by atomic mass is 79.9. The van der Waals surface area contributed by atoms with Crippen LogP contribution in [-0.2, 0) is 0 Å². The van der Waals surface area contributed by atoms with Crippen molar-refractivity contribution in [1.29, 1.82) is 0 Å². The first-order valence-corrected chi connectivity index (χ1v) is 8.15. The van der Waals surface area contributed by atoms with E-state index in [-0.39, 0.29) is 10.7 Å². The number of hydrogen-bond donors (Lipinski definition) is 1. The van der Waals surface area contributed by atoms with Crippen LogP contribution in [0.4, 0.5) is 5.69 Å². The van der Waals surface area contributed by atoms with E-state index in [0.29, 0.717) is 11.3 Å². The highest BCUT2D eigenvalue weighted by molar-refractivity contribution is 9.10. The molecule has 1 heterocycles. The fourth-order valence-electron chi connectivity index (χ4n) is 2.07. The second-order valence-corrected chi connectivity index (χ2v) is 8.04. The number of hydrogen-bond acceptors (Lipinski definition) is 3. The van der Waals surface area contributed by atoms with Gasteiger partial charge in [0.25, 0.3) is 5.91 Å². The van der Waals surface area contributed by atoms with Gasteiger partial charge in [-0.05, 0) is 40.5 Å². The zero-order valence-corrected chi connectivity index (χ0v) is 13.7. The standard InChI is InChI=1S/C14H19BrN2OS/c1-14(2)5-6-17(7-8-19-14)13(18)10-3-4-12(16)11(15)9-10/h3-4,9H,5-8,16H2,1-2H3. The summed E-state index contributed by atoms with van der Waals surface area (Å²) in [7, 11) is 0. The van der Waals surface area contributed by atoms with Crippen LogP contribution in [0, 0.1) is 0 Å². The zero-order chi connectivity index (χ0) is 14.0. The molecule has 1 aromatic carbocycles. The minimum atomic E-state index is 0.0963. The van der Waals surface area contributed by atoms with Crippen LogP contribution in [-0.4, -0.2) is 34.4 Å². The van der Waals surface area contributed by atoms with E-state index in [4.69, 9.17) is 5.73 Å². The van der Waals surface area contributed by atoms with Gasteiger partial charge in [-0.1, -0.05) is 13.8 Å². The van der Waals surface area contributed by atoms with E-state index in [1.807, 2.05) is 16.7 Å². The molecule has 0 atom stereocenters. The van der Waals surface area contributed by atoms with Crippen molar-refractivity contribution in [1.82, 2.24) is 4.90 Å². The fourth-order valence-corrected chi connectivity index (χ4v) is 3.54. The molecule has 1 aliphatic heterocycles. The highest BCUT2D eigenvalue weighted by Crippen LogP contribution is 2.31. The van der Waals surface area contributed by atoms with E-state index in [1.54, 1.807) is 18.2 Å². The lowest BCUT2D eigenvalue weighted by molar-refractivity contribution is 0.0764. The molecule has 0 radical (unpaired) electrons. The predicted molar refractivity (Wildman–Crippen MR) is 85.6 cm³/mol. The second kappa shape index (κ2) is 5.75. The zero-order valence-electron chi connectivity index (χ0n) is 11.3. The summed E-state index contributed by atoms with van der Waals surface area (Å²) in [6.45, 7) is 6.12. The van der Waals surface area contributed by atoms with Crippen molar-refractivity contribution >= 4 is 39.3 Å². The summed E-state index contributed by atoms with van der Waals surface area (Å²) in [5, 5.41) is 0. The van der Waals surface area contributed by atoms with Crippen LogP contribution in [0.1, 0.15) is 30.6 Å². The number of anilines is 1. The molecule has 0 aromatic heterocycles. The Labute approximate surface area is 127 Å². The van der Waals surface area contributed by atoms with Gasteiger partial charge in [-0.2, -0.15) is 11.8 Å². The Kier molecular flexibility index (Phi) is 4.46. The molecule has 2 N–H and O–H groups in total. The maximum Gasteiger partial charge on any atom is 0.253 e. The molecule has 5 heteroatoms. The van der Waals surface area contributed by atoms with Crippen LogP contribution >= 0.6 is 27.7 Å². The molecule has 1 aliphatic rings. The van der Waals surface area contributed by atoms with Crippen LogP contribution in [0.2, 0.25) is 0 Å². The number of thioether (sulfide) groups is 1. The summed E-state index contributed by atoms with van der Waals surface area (Å²) in [4.78, 5) is 14.4. The quantitative estimate of drug-likeness (QED) is 0.795. The normalized spacial score (nSPS) is 19.0. The average Bonchev–Trinajstić information content (AvgIpc) is 2.53. The summed E-state index contributed by atoms with van der Waals surface area (Å²) in [6, 6.07) is 5.38. The fraction of sp³-hybridized carbons (Fsp3) is 0.500. The van der Waals surface area contributed by atoms with Gasteiger partial charge >= 0.3 is 0 Å². The van der Waals surface area contributed by atoms with Gasteiger partial charge in [0, 0.05) is 39.3 Å². The minimum Gasteiger partial charge on any atom is -0.398 e. The molecular weight excluding hydrogens is 324 g/mol. The largest absolute Gasteiger partial charge is 0.398 e. The van der Waals surface area contributed by atoms with Gasteiger partial charge < -0.3 is 10.6 Å². The first kappa shape index (κ1) is 14.7. The third-order valence-electron chi connectivity index (χ3n) is 3.37. The lowest BCUT2D eigenvalue weighted by Crippen LogP contribution is -2.33. The Hall–Kier alpha value is -0.680. The van der Waals surface area contributed by atoms with Crippen LogP contribution in [0.15, 0.2) is 22.7 Å². The number of halogens is 1. The SMILES string of the molecule is CC1(C)CCN(C(=O)c2ccc(N)c(Br)c2)CCS1. The summed E-state index contributed by atoms with van der Waals surface area (Å²) >= 11 is 5.31. The highest BCUT2D eigenvalue weighted by Gasteiger charge is 2.26. The van der Waals surface area contributed by atoms with Crippen LogP contribution < -0.4 is 5.73 Å². The Bertz CT molecular complexity index is 490. The number of benzene rings is 1. The first-order chi connectivity index (χ1) is 8.89. The summed E-state index contributed by atoms with van der Waals surface area (Å²) in [5.74, 6) is 1.09. The molecule has 1 fully saturated rings. The van der Waals surface area contributed by atoms with Gasteiger partial charge in [0.05, 0.1) is 0 Å². The predicted octanol–water partition coefficient (Wildman–Crippen LogP) is 3.39. The molecular formula is C14H19BrN2OS. The van der Waals surface area contributed by atoms with Crippen molar-refractivity contribution < 1.29 is 4.79 Å². The second-order valence-electron chi connectivity index (χ2n) is 5.39. The monoisotopic (exact) mass is 342 g/mol. The number of carbonyl (C=O) groups is 1. The van der Waals surface area contributed by atoms with E-state index in [2.05, 4.69) is 29.8 Å². The molecule has 3 nitrogen and oxygen atoms in total. The molecule has 0 spiro atoms. The van der Waals surface area contributed by atoms with Gasteiger partial charge in [0.2, 0.25) is 0 Å². The molecule has 0 unspecified atom stereocenters. The summed E-state index contributed by atoms with van der Waals surface area (Å²) in [6.07, 6.45) is 1.03. The van der Waals surface area contributed by atoms with Crippen LogP contribution in [0.3, 0.4) is 0 Å². The van der Waals surface area contributed by atoms with Crippen molar-refractivity contribution in [3.63, 3.8) is 0 Å². The van der Waals surface area contributed by atoms with Gasteiger partial charge in [-0.3, -0.25) is 4.79 Å². The van der Waals surface area contributed by atoms with Gasteiger partial charge in [0.15, 0.2) is 0 Å². The third-order valence-corrected chi connectivity index (χ3v) is 5.43. The number of nitrogens with two attached hydrogens (primary N) is 1. The maximum absolute atomic E-state index is 12.5. The molecule has 1 aromatic rings. The van der Waals surface area contributed by atoms with E-state index < -0.39 is 0 Å². The van der Waals surface area contributed by atoms with Crippen LogP contribution in [0.25, 0.3) is 0 Å². The van der Waals surface area contributed by atoms with Crippen molar-refractivity contribution in [3.8, 4) is 0 Å². The lowest BCUT2D eigenvalue weighted by Gasteiger charge is -2.23. The number of rotatable bonds is 1. The maximum atomic E-state index is 12.5. The Morgan fingerprint density at radius 3 is 2.84 bits per heavy atom. The molecule has 104 valence electrons. The molecule has 0 aliphatic carbocycles. The summed E-state index contributed by atoms with van der Waals surface area (Å²) < 4.78 is 1.04. The van der Waals surface area contributed by atoms with Crippen molar-refractivity contribution in [2.24, 2.45) is 0 Å². The average molecular weight is 343 g/mol. The van der Waals surface area contributed by atoms with Crippen LogP contribution in [0.5, 0.6) is 0 Å². The number of carbonyl (C=O) groups excluding carboxylic acids is 1. The Morgan fingerprint density at radius 1 is 1.42 bits per heavy atom. The smallest absolute Gasteiger partial charge is 0.253 e. The number of nitrogens with zero attached hydrogens (tertiary/aromatic N) is 1. The van der Waals surface area contributed by atoms with Gasteiger partial charge in [-0.25, -0.2) is 0 Å². The van der Waals surface area contributed by atoms with Gasteiger partial charge in [-0.15, -0.1) is 0 Å². The van der Waals surface area contributed by atoms with Crippen molar-refractivity contribution in [3.05, 3.63) is 28.2 Å². The molecule has 0 bridgehead atoms. The third kappa shape index (κ3) is 3.66. The Morgan fingerprint density at radius 2 is 2.16 bits per heavy atom. The van der Waals surface area contributed by atoms with Crippen molar-refractivity contribution in [2.75, 3.05) is 24.6 Å². The molecule has 2 rings (SSSR count).